The van der Waals surface area contributed by atoms with E-state index in [4.69, 9.17) is 5.11 Å². The molecule has 0 spiro atoms. The van der Waals surface area contributed by atoms with E-state index in [1.165, 1.54) is 0 Å². The third kappa shape index (κ3) is 2.94. The number of carboxylic acids is 1. The molecule has 0 radical (unpaired) electrons. The zero-order chi connectivity index (χ0) is 11.3. The number of rotatable bonds is 4. The number of carbonyl (C=O) groups is 1. The Labute approximate surface area is 90.3 Å². The molecule has 1 N–H and O–H groups in total. The minimum Gasteiger partial charge on any atom is -0.481 e. The highest BCUT2D eigenvalue weighted by Gasteiger charge is 2.22. The predicted molar refractivity (Wildman–Crippen MR) is 60.8 cm³/mol. The molecule has 0 aliphatic heterocycles. The lowest BCUT2D eigenvalue weighted by atomic mass is 9.87. The van der Waals surface area contributed by atoms with Crippen molar-refractivity contribution in [3.8, 4) is 0 Å². The molecular weight excluding hydrogens is 188 g/mol. The van der Waals surface area contributed by atoms with Gasteiger partial charge >= 0.3 is 5.97 Å². The molecule has 2 atom stereocenters. The molecule has 1 rings (SSSR count). The molecule has 2 nitrogen and oxygen atoms in total. The van der Waals surface area contributed by atoms with E-state index in [9.17, 15) is 4.79 Å². The van der Waals surface area contributed by atoms with E-state index in [1.807, 2.05) is 49.4 Å². The van der Waals surface area contributed by atoms with Crippen LogP contribution in [-0.2, 0) is 4.79 Å². The van der Waals surface area contributed by atoms with Crippen LogP contribution in [0.15, 0.2) is 42.5 Å². The van der Waals surface area contributed by atoms with E-state index < -0.39 is 11.9 Å². The maximum absolute atomic E-state index is 11.0. The van der Waals surface area contributed by atoms with E-state index in [-0.39, 0.29) is 5.92 Å². The van der Waals surface area contributed by atoms with Crippen molar-refractivity contribution in [1.29, 1.82) is 0 Å². The Hall–Kier alpha value is -1.57. The van der Waals surface area contributed by atoms with Gasteiger partial charge in [-0.3, -0.25) is 4.79 Å². The van der Waals surface area contributed by atoms with Crippen molar-refractivity contribution in [2.75, 3.05) is 0 Å². The monoisotopic (exact) mass is 204 g/mol. The summed E-state index contributed by atoms with van der Waals surface area (Å²) in [5, 5.41) is 9.01. The molecule has 15 heavy (non-hydrogen) atoms. The fourth-order valence-corrected chi connectivity index (χ4v) is 1.60. The third-order valence-corrected chi connectivity index (χ3v) is 2.51. The van der Waals surface area contributed by atoms with E-state index in [1.54, 1.807) is 6.92 Å². The van der Waals surface area contributed by atoms with Crippen LogP contribution >= 0.6 is 0 Å². The van der Waals surface area contributed by atoms with Gasteiger partial charge in [-0.2, -0.15) is 0 Å². The van der Waals surface area contributed by atoms with Gasteiger partial charge in [0, 0.05) is 5.92 Å². The topological polar surface area (TPSA) is 37.3 Å². The second-order valence-corrected chi connectivity index (χ2v) is 3.59. The lowest BCUT2D eigenvalue weighted by Gasteiger charge is -2.17. The van der Waals surface area contributed by atoms with Crippen LogP contribution in [0, 0.1) is 5.92 Å². The normalized spacial score (nSPS) is 15.1. The summed E-state index contributed by atoms with van der Waals surface area (Å²) >= 11 is 0. The first-order chi connectivity index (χ1) is 7.16. The van der Waals surface area contributed by atoms with Crippen LogP contribution in [0.5, 0.6) is 0 Å². The van der Waals surface area contributed by atoms with Gasteiger partial charge in [0.1, 0.15) is 0 Å². The van der Waals surface area contributed by atoms with Crippen LogP contribution in [0.25, 0.3) is 0 Å². The van der Waals surface area contributed by atoms with E-state index in [0.29, 0.717) is 0 Å². The van der Waals surface area contributed by atoms with Gasteiger partial charge in [0.2, 0.25) is 0 Å². The van der Waals surface area contributed by atoms with E-state index in [0.717, 1.165) is 5.56 Å². The maximum Gasteiger partial charge on any atom is 0.307 e. The smallest absolute Gasteiger partial charge is 0.307 e. The van der Waals surface area contributed by atoms with Crippen LogP contribution in [0.4, 0.5) is 0 Å². The molecule has 1 aromatic carbocycles. The van der Waals surface area contributed by atoms with E-state index in [2.05, 4.69) is 0 Å². The summed E-state index contributed by atoms with van der Waals surface area (Å²) in [6, 6.07) is 9.72. The summed E-state index contributed by atoms with van der Waals surface area (Å²) in [5.41, 5.74) is 1.05. The molecular formula is C13H16O2. The van der Waals surface area contributed by atoms with Crippen molar-refractivity contribution in [1.82, 2.24) is 0 Å². The number of carboxylic acid groups (broad SMARTS) is 1. The number of allylic oxidation sites excluding steroid dienone is 2. The van der Waals surface area contributed by atoms with Gasteiger partial charge < -0.3 is 5.11 Å². The molecule has 80 valence electrons. The van der Waals surface area contributed by atoms with Gasteiger partial charge in [0.05, 0.1) is 5.92 Å². The minimum atomic E-state index is -0.762. The molecule has 0 heterocycles. The standard InChI is InChI=1S/C13H16O2/c1-3-7-12(10(2)13(14)15)11-8-5-4-6-9-11/h3-10,12H,1-2H3,(H,14,15)/b7-3+/t10-,12-/m0/s1. The Morgan fingerprint density at radius 1 is 1.33 bits per heavy atom. The van der Waals surface area contributed by atoms with E-state index >= 15 is 0 Å². The first-order valence-corrected chi connectivity index (χ1v) is 5.07. The predicted octanol–water partition coefficient (Wildman–Crippen LogP) is 3.07. The van der Waals surface area contributed by atoms with Crippen LogP contribution in [-0.4, -0.2) is 11.1 Å². The Morgan fingerprint density at radius 2 is 1.93 bits per heavy atom. The van der Waals surface area contributed by atoms with Gasteiger partial charge in [-0.1, -0.05) is 49.4 Å². The van der Waals surface area contributed by atoms with Crippen LogP contribution in [0.1, 0.15) is 25.3 Å². The van der Waals surface area contributed by atoms with Gasteiger partial charge in [-0.05, 0) is 12.5 Å². The second kappa shape index (κ2) is 5.35. The highest BCUT2D eigenvalue weighted by Crippen LogP contribution is 2.26. The summed E-state index contributed by atoms with van der Waals surface area (Å²) in [5.74, 6) is -1.21. The van der Waals surface area contributed by atoms with Crippen LogP contribution in [0.3, 0.4) is 0 Å². The average molecular weight is 204 g/mol. The molecule has 0 saturated heterocycles. The summed E-state index contributed by atoms with van der Waals surface area (Å²) < 4.78 is 0. The highest BCUT2D eigenvalue weighted by molar-refractivity contribution is 5.71. The Kier molecular flexibility index (Phi) is 4.10. The summed E-state index contributed by atoms with van der Waals surface area (Å²) in [6.07, 6.45) is 3.84. The lowest BCUT2D eigenvalue weighted by molar-refractivity contribution is -0.141. The van der Waals surface area contributed by atoms with Gasteiger partial charge in [0.25, 0.3) is 0 Å². The molecule has 0 saturated carbocycles. The van der Waals surface area contributed by atoms with Crippen molar-refractivity contribution in [3.63, 3.8) is 0 Å². The number of hydrogen-bond donors (Lipinski definition) is 1. The van der Waals surface area contributed by atoms with Crippen LogP contribution in [0.2, 0.25) is 0 Å². The third-order valence-electron chi connectivity index (χ3n) is 2.51. The number of hydrogen-bond acceptors (Lipinski definition) is 1. The fourth-order valence-electron chi connectivity index (χ4n) is 1.60. The van der Waals surface area contributed by atoms with Crippen molar-refractivity contribution in [2.45, 2.75) is 19.8 Å². The SMILES string of the molecule is C/C=C/[C@H](c1ccccc1)[C@H](C)C(=O)O. The molecule has 0 unspecified atom stereocenters. The zero-order valence-corrected chi connectivity index (χ0v) is 9.05. The Morgan fingerprint density at radius 3 is 2.40 bits per heavy atom. The molecule has 0 aromatic heterocycles. The fraction of sp³-hybridized carbons (Fsp3) is 0.308. The van der Waals surface area contributed by atoms with Crippen LogP contribution < -0.4 is 0 Å². The molecule has 0 bridgehead atoms. The summed E-state index contributed by atoms with van der Waals surface area (Å²) in [4.78, 5) is 11.0. The minimum absolute atomic E-state index is 0.0475. The first kappa shape index (κ1) is 11.5. The quantitative estimate of drug-likeness (QED) is 0.765. The molecule has 2 heteroatoms. The van der Waals surface area contributed by atoms with Gasteiger partial charge in [-0.25, -0.2) is 0 Å². The molecule has 0 amide bonds. The first-order valence-electron chi connectivity index (χ1n) is 5.07. The maximum atomic E-state index is 11.0. The zero-order valence-electron chi connectivity index (χ0n) is 9.05. The lowest BCUT2D eigenvalue weighted by Crippen LogP contribution is -2.17. The largest absolute Gasteiger partial charge is 0.481 e. The van der Waals surface area contributed by atoms with Crippen molar-refractivity contribution >= 4 is 5.97 Å². The Bertz CT molecular complexity index is 341. The summed E-state index contributed by atoms with van der Waals surface area (Å²) in [6.45, 7) is 3.64. The average Bonchev–Trinajstić information content (AvgIpc) is 2.26. The molecule has 0 aliphatic carbocycles. The summed E-state index contributed by atoms with van der Waals surface area (Å²) in [7, 11) is 0. The second-order valence-electron chi connectivity index (χ2n) is 3.59. The Balaban J connectivity index is 2.98. The van der Waals surface area contributed by atoms with Gasteiger partial charge in [0.15, 0.2) is 0 Å². The molecule has 0 fully saturated rings. The highest BCUT2D eigenvalue weighted by atomic mass is 16.4. The molecule has 0 aliphatic rings. The van der Waals surface area contributed by atoms with Crippen molar-refractivity contribution in [3.05, 3.63) is 48.0 Å². The van der Waals surface area contributed by atoms with Crippen molar-refractivity contribution in [2.24, 2.45) is 5.92 Å². The van der Waals surface area contributed by atoms with Crippen molar-refractivity contribution < 1.29 is 9.90 Å². The molecule has 1 aromatic rings. The number of benzene rings is 1. The number of aliphatic carboxylic acids is 1. The van der Waals surface area contributed by atoms with Gasteiger partial charge in [-0.15, -0.1) is 0 Å².